The lowest BCUT2D eigenvalue weighted by atomic mass is 10.2. The Kier molecular flexibility index (Phi) is 3.94. The zero-order valence-corrected chi connectivity index (χ0v) is 11.3. The van der Waals surface area contributed by atoms with E-state index in [9.17, 15) is 4.79 Å². The van der Waals surface area contributed by atoms with Crippen molar-refractivity contribution >= 4 is 5.97 Å². The Morgan fingerprint density at radius 1 is 1.38 bits per heavy atom. The predicted molar refractivity (Wildman–Crippen MR) is 72.4 cm³/mol. The van der Waals surface area contributed by atoms with Gasteiger partial charge in [0.05, 0.1) is 13.2 Å². The van der Waals surface area contributed by atoms with Crippen LogP contribution in [0.25, 0.3) is 11.4 Å². The highest BCUT2D eigenvalue weighted by Crippen LogP contribution is 2.16. The summed E-state index contributed by atoms with van der Waals surface area (Å²) < 4.78 is 10.4. The Balaban J connectivity index is 1.66. The molecule has 0 aliphatic carbocycles. The first-order valence-electron chi connectivity index (χ1n) is 6.67. The highest BCUT2D eigenvalue weighted by atomic mass is 16.5. The van der Waals surface area contributed by atoms with Crippen molar-refractivity contribution in [3.63, 3.8) is 0 Å². The quantitative estimate of drug-likeness (QED) is 0.898. The molecule has 0 spiro atoms. The molecule has 0 radical (unpaired) electrons. The summed E-state index contributed by atoms with van der Waals surface area (Å²) in [4.78, 5) is 17.2. The van der Waals surface area contributed by atoms with Gasteiger partial charge in [0.25, 0.3) is 0 Å². The van der Waals surface area contributed by atoms with Gasteiger partial charge in [0.15, 0.2) is 6.10 Å². The maximum Gasteiger partial charge on any atom is 0.334 e. The monoisotopic (exact) mass is 289 g/mol. The Morgan fingerprint density at radius 2 is 2.19 bits per heavy atom. The van der Waals surface area contributed by atoms with E-state index in [1.807, 2.05) is 35.2 Å². The van der Waals surface area contributed by atoms with Gasteiger partial charge in [-0.15, -0.1) is 0 Å². The van der Waals surface area contributed by atoms with Gasteiger partial charge in [0.2, 0.25) is 11.7 Å². The number of aromatic nitrogens is 2. The Labute approximate surface area is 121 Å². The number of carbonyl (C=O) groups is 1. The number of hydrogen-bond acceptors (Lipinski definition) is 6. The number of carboxylic acid groups (broad SMARTS) is 1. The minimum atomic E-state index is -0.949. The van der Waals surface area contributed by atoms with Crippen LogP contribution in [0.15, 0.2) is 34.9 Å². The molecule has 1 aromatic carbocycles. The number of ether oxygens (including phenoxy) is 1. The SMILES string of the molecule is O=C(O)C1CN(Cc2nc(-c3ccccc3)no2)CCO1. The lowest BCUT2D eigenvalue weighted by molar-refractivity contribution is -0.156. The second kappa shape index (κ2) is 6.02. The second-order valence-corrected chi connectivity index (χ2v) is 4.81. The van der Waals surface area contributed by atoms with Gasteiger partial charge in [0, 0.05) is 18.7 Å². The summed E-state index contributed by atoms with van der Waals surface area (Å²) in [7, 11) is 0. The molecular formula is C14H15N3O4. The van der Waals surface area contributed by atoms with Crippen molar-refractivity contribution < 1.29 is 19.2 Å². The van der Waals surface area contributed by atoms with Crippen LogP contribution in [-0.2, 0) is 16.1 Å². The minimum Gasteiger partial charge on any atom is -0.479 e. The summed E-state index contributed by atoms with van der Waals surface area (Å²) in [5.74, 6) is 0.0590. The molecule has 1 aliphatic heterocycles. The van der Waals surface area contributed by atoms with Crippen LogP contribution in [0.4, 0.5) is 0 Å². The molecule has 1 fully saturated rings. The maximum absolute atomic E-state index is 10.9. The lowest BCUT2D eigenvalue weighted by Crippen LogP contribution is -2.45. The molecule has 1 aromatic heterocycles. The van der Waals surface area contributed by atoms with Gasteiger partial charge in [-0.25, -0.2) is 4.79 Å². The number of carboxylic acids is 1. The molecule has 2 heterocycles. The van der Waals surface area contributed by atoms with Gasteiger partial charge in [-0.05, 0) is 0 Å². The van der Waals surface area contributed by atoms with E-state index >= 15 is 0 Å². The number of aliphatic carboxylic acids is 1. The fourth-order valence-corrected chi connectivity index (χ4v) is 2.21. The van der Waals surface area contributed by atoms with Crippen LogP contribution in [0, 0.1) is 0 Å². The van der Waals surface area contributed by atoms with Crippen LogP contribution in [0.5, 0.6) is 0 Å². The van der Waals surface area contributed by atoms with Crippen LogP contribution in [0.2, 0.25) is 0 Å². The van der Waals surface area contributed by atoms with Crippen molar-refractivity contribution in [2.24, 2.45) is 0 Å². The van der Waals surface area contributed by atoms with Crippen molar-refractivity contribution in [1.82, 2.24) is 15.0 Å². The summed E-state index contributed by atoms with van der Waals surface area (Å²) in [6.07, 6.45) is -0.796. The summed E-state index contributed by atoms with van der Waals surface area (Å²) in [5, 5.41) is 12.9. The van der Waals surface area contributed by atoms with Crippen molar-refractivity contribution in [3.8, 4) is 11.4 Å². The first-order valence-corrected chi connectivity index (χ1v) is 6.67. The molecule has 0 amide bonds. The lowest BCUT2D eigenvalue weighted by Gasteiger charge is -2.29. The summed E-state index contributed by atoms with van der Waals surface area (Å²) in [6.45, 7) is 1.77. The minimum absolute atomic E-state index is 0.318. The normalized spacial score (nSPS) is 19.5. The van der Waals surface area contributed by atoms with Crippen LogP contribution in [-0.4, -0.2) is 51.9 Å². The van der Waals surface area contributed by atoms with Gasteiger partial charge < -0.3 is 14.4 Å². The van der Waals surface area contributed by atoms with Crippen molar-refractivity contribution in [1.29, 1.82) is 0 Å². The van der Waals surface area contributed by atoms with Gasteiger partial charge >= 0.3 is 5.97 Å². The van der Waals surface area contributed by atoms with E-state index in [1.165, 1.54) is 0 Å². The highest BCUT2D eigenvalue weighted by molar-refractivity contribution is 5.72. The molecular weight excluding hydrogens is 274 g/mol. The van der Waals surface area contributed by atoms with Gasteiger partial charge in [0.1, 0.15) is 0 Å². The smallest absolute Gasteiger partial charge is 0.334 e. The zero-order chi connectivity index (χ0) is 14.7. The molecule has 1 atom stereocenters. The van der Waals surface area contributed by atoms with Crippen molar-refractivity contribution in [2.75, 3.05) is 19.7 Å². The van der Waals surface area contributed by atoms with Gasteiger partial charge in [-0.1, -0.05) is 35.5 Å². The number of benzene rings is 1. The molecule has 0 bridgehead atoms. The number of morpholine rings is 1. The summed E-state index contributed by atoms with van der Waals surface area (Å²) >= 11 is 0. The van der Waals surface area contributed by atoms with Crippen LogP contribution < -0.4 is 0 Å². The van der Waals surface area contributed by atoms with E-state index in [2.05, 4.69) is 10.1 Å². The van der Waals surface area contributed by atoms with E-state index in [1.54, 1.807) is 0 Å². The third-order valence-electron chi connectivity index (χ3n) is 3.28. The van der Waals surface area contributed by atoms with Gasteiger partial charge in [-0.3, -0.25) is 4.90 Å². The molecule has 3 rings (SSSR count). The summed E-state index contributed by atoms with van der Waals surface area (Å²) in [6, 6.07) is 9.55. The molecule has 7 heteroatoms. The fourth-order valence-electron chi connectivity index (χ4n) is 2.21. The topological polar surface area (TPSA) is 88.7 Å². The Bertz CT molecular complexity index is 614. The third kappa shape index (κ3) is 3.26. The van der Waals surface area contributed by atoms with Crippen LogP contribution in [0.1, 0.15) is 5.89 Å². The fraction of sp³-hybridized carbons (Fsp3) is 0.357. The molecule has 110 valence electrons. The molecule has 1 unspecified atom stereocenters. The van der Waals surface area contributed by atoms with E-state index in [0.717, 1.165) is 5.56 Å². The largest absolute Gasteiger partial charge is 0.479 e. The van der Waals surface area contributed by atoms with Crippen LogP contribution >= 0.6 is 0 Å². The molecule has 21 heavy (non-hydrogen) atoms. The molecule has 0 saturated carbocycles. The van der Waals surface area contributed by atoms with E-state index in [4.69, 9.17) is 14.4 Å². The van der Waals surface area contributed by atoms with E-state index < -0.39 is 12.1 Å². The van der Waals surface area contributed by atoms with E-state index in [-0.39, 0.29) is 0 Å². The highest BCUT2D eigenvalue weighted by Gasteiger charge is 2.27. The first-order chi connectivity index (χ1) is 10.2. The van der Waals surface area contributed by atoms with Crippen molar-refractivity contribution in [2.45, 2.75) is 12.6 Å². The molecule has 2 aromatic rings. The zero-order valence-electron chi connectivity index (χ0n) is 11.3. The molecule has 1 N–H and O–H groups in total. The standard InChI is InChI=1S/C14H15N3O4/c18-14(19)11-8-17(6-7-20-11)9-12-15-13(16-21-12)10-4-2-1-3-5-10/h1-5,11H,6-9H2,(H,18,19). The van der Waals surface area contributed by atoms with Crippen LogP contribution in [0.3, 0.4) is 0 Å². The second-order valence-electron chi connectivity index (χ2n) is 4.81. The molecule has 1 aliphatic rings. The summed E-state index contributed by atoms with van der Waals surface area (Å²) in [5.41, 5.74) is 0.887. The average molecular weight is 289 g/mol. The maximum atomic E-state index is 10.9. The number of hydrogen-bond donors (Lipinski definition) is 1. The molecule has 1 saturated heterocycles. The van der Waals surface area contributed by atoms with Crippen molar-refractivity contribution in [3.05, 3.63) is 36.2 Å². The Hall–Kier alpha value is -2.25. The van der Waals surface area contributed by atoms with E-state index in [0.29, 0.717) is 38.0 Å². The van der Waals surface area contributed by atoms with Gasteiger partial charge in [-0.2, -0.15) is 4.98 Å². The Morgan fingerprint density at radius 3 is 2.95 bits per heavy atom. The third-order valence-corrected chi connectivity index (χ3v) is 3.28. The first kappa shape index (κ1) is 13.7. The molecule has 7 nitrogen and oxygen atoms in total. The number of nitrogens with zero attached hydrogens (tertiary/aromatic N) is 3. The number of rotatable bonds is 4. The predicted octanol–water partition coefficient (Wildman–Crippen LogP) is 1.02. The average Bonchev–Trinajstić information content (AvgIpc) is 2.97.